The molecule has 1 aliphatic rings. The Morgan fingerprint density at radius 2 is 2.07 bits per heavy atom. The van der Waals surface area contributed by atoms with E-state index in [1.807, 2.05) is 24.5 Å². The molecule has 0 aliphatic carbocycles. The molecule has 9 heteroatoms. The van der Waals surface area contributed by atoms with Crippen LogP contribution in [0.5, 0.6) is 5.75 Å². The van der Waals surface area contributed by atoms with Crippen LogP contribution in [-0.4, -0.2) is 29.4 Å². The summed E-state index contributed by atoms with van der Waals surface area (Å²) < 4.78 is 7.11. The van der Waals surface area contributed by atoms with Crippen LogP contribution in [-0.2, 0) is 4.79 Å². The van der Waals surface area contributed by atoms with Crippen LogP contribution in [0.4, 0.5) is 5.69 Å². The Hall–Kier alpha value is -2.84. The van der Waals surface area contributed by atoms with Crippen molar-refractivity contribution in [3.8, 4) is 17.0 Å². The van der Waals surface area contributed by atoms with Crippen LogP contribution in [0.1, 0.15) is 18.7 Å². The predicted octanol–water partition coefficient (Wildman–Crippen LogP) is 3.02. The number of para-hydroxylation sites is 1. The number of aromatic amines is 1. The lowest BCUT2D eigenvalue weighted by Gasteiger charge is -2.31. The van der Waals surface area contributed by atoms with E-state index in [1.165, 1.54) is 18.7 Å². The quantitative estimate of drug-likeness (QED) is 0.511. The Balaban J connectivity index is 2.13. The first-order valence-electron chi connectivity index (χ1n) is 8.79. The number of rotatable bonds is 3. The minimum Gasteiger partial charge on any atom is -0.496 e. The molecular weight excluding hydrogens is 412 g/mol. The van der Waals surface area contributed by atoms with Gasteiger partial charge < -0.3 is 4.74 Å². The number of carbonyl (C=O) groups excluding carboxylic acids is 1. The Labute approximate surface area is 176 Å². The number of benzene rings is 2. The van der Waals surface area contributed by atoms with E-state index in [4.69, 9.17) is 16.3 Å². The summed E-state index contributed by atoms with van der Waals surface area (Å²) in [5.41, 5.74) is 1.95. The van der Waals surface area contributed by atoms with Gasteiger partial charge in [-0.2, -0.15) is 0 Å². The van der Waals surface area contributed by atoms with E-state index in [0.29, 0.717) is 38.4 Å². The minimum absolute atomic E-state index is 0.199. The Morgan fingerprint density at radius 3 is 2.76 bits per heavy atom. The predicted molar refractivity (Wildman–Crippen MR) is 112 cm³/mol. The Morgan fingerprint density at radius 1 is 1.31 bits per heavy atom. The van der Waals surface area contributed by atoms with Crippen molar-refractivity contribution in [2.75, 3.05) is 18.3 Å². The van der Waals surface area contributed by atoms with Crippen molar-refractivity contribution >= 4 is 35.0 Å². The highest BCUT2D eigenvalue weighted by Gasteiger charge is 2.46. The summed E-state index contributed by atoms with van der Waals surface area (Å²) in [5.74, 6) is 0.340. The first kappa shape index (κ1) is 19.5. The molecule has 148 valence electrons. The van der Waals surface area contributed by atoms with Crippen molar-refractivity contribution in [1.82, 2.24) is 10.1 Å². The molecule has 0 spiro atoms. The second-order valence-corrected chi connectivity index (χ2v) is 7.65. The molecule has 0 saturated heterocycles. The number of thioether (sulfide) groups is 1. The number of halogens is 1. The van der Waals surface area contributed by atoms with E-state index < -0.39 is 6.17 Å². The van der Waals surface area contributed by atoms with E-state index in [9.17, 15) is 9.59 Å². The van der Waals surface area contributed by atoms with Crippen molar-refractivity contribution in [3.63, 3.8) is 0 Å². The van der Waals surface area contributed by atoms with Gasteiger partial charge in [0.2, 0.25) is 11.1 Å². The highest BCUT2D eigenvalue weighted by Crippen LogP contribution is 2.40. The second-order valence-electron chi connectivity index (χ2n) is 6.42. The Bertz CT molecular complexity index is 1180. The third kappa shape index (κ3) is 3.18. The normalized spacial score (nSPS) is 14.9. The zero-order valence-corrected chi connectivity index (χ0v) is 17.5. The second kappa shape index (κ2) is 7.53. The fourth-order valence-electron chi connectivity index (χ4n) is 3.59. The van der Waals surface area contributed by atoms with Gasteiger partial charge in [-0.15, -0.1) is 0 Å². The number of nitrogens with zero attached hydrogens (tertiary/aromatic N) is 3. The van der Waals surface area contributed by atoms with Gasteiger partial charge in [0.25, 0.3) is 6.17 Å². The van der Waals surface area contributed by atoms with Crippen LogP contribution in [0.15, 0.2) is 52.4 Å². The number of carbonyl (C=O) groups is 1. The number of hydrogen-bond donors (Lipinski definition) is 1. The Kier molecular flexibility index (Phi) is 5.06. The maximum absolute atomic E-state index is 13.0. The smallest absolute Gasteiger partial charge is 0.325 e. The molecule has 1 aromatic heterocycles. The third-order valence-corrected chi connectivity index (χ3v) is 5.57. The summed E-state index contributed by atoms with van der Waals surface area (Å²) in [5, 5.41) is 5.54. The van der Waals surface area contributed by atoms with Gasteiger partial charge in [0.15, 0.2) is 0 Å². The van der Waals surface area contributed by atoms with Crippen LogP contribution in [0.3, 0.4) is 0 Å². The number of aromatic nitrogens is 3. The van der Waals surface area contributed by atoms with Gasteiger partial charge in [-0.25, -0.2) is 4.90 Å². The summed E-state index contributed by atoms with van der Waals surface area (Å²) in [4.78, 5) is 30.2. The first-order chi connectivity index (χ1) is 14.0. The van der Waals surface area contributed by atoms with E-state index >= 15 is 0 Å². The average Bonchev–Trinajstić information content (AvgIpc) is 2.71. The van der Waals surface area contributed by atoms with Gasteiger partial charge in [-0.05, 0) is 41.3 Å². The summed E-state index contributed by atoms with van der Waals surface area (Å²) in [7, 11) is 1.55. The van der Waals surface area contributed by atoms with Crippen LogP contribution in [0.2, 0.25) is 5.02 Å². The average molecular weight is 430 g/mol. The molecule has 0 saturated carbocycles. The third-order valence-electron chi connectivity index (χ3n) is 4.76. The molecule has 2 aromatic carbocycles. The van der Waals surface area contributed by atoms with Gasteiger partial charge in [0.05, 0.1) is 23.9 Å². The standard InChI is InChI=1S/C20H17ClN4O3S/c1-11(26)24-15-7-5-4-6-13(15)17-18(27)22-20(29-3)23-25(17)19(24)14-10-12(21)8-9-16(14)28-2/h4-10,19H,1-3H3/p+1. The number of amides is 1. The lowest BCUT2D eigenvalue weighted by atomic mass is 10.0. The van der Waals surface area contributed by atoms with Crippen LogP contribution in [0.25, 0.3) is 11.3 Å². The summed E-state index contributed by atoms with van der Waals surface area (Å²) >= 11 is 7.59. The largest absolute Gasteiger partial charge is 0.496 e. The van der Waals surface area contributed by atoms with E-state index in [0.717, 1.165) is 0 Å². The van der Waals surface area contributed by atoms with Gasteiger partial charge in [-0.3, -0.25) is 14.6 Å². The molecule has 29 heavy (non-hydrogen) atoms. The van der Waals surface area contributed by atoms with Crippen LogP contribution < -0.4 is 19.9 Å². The van der Waals surface area contributed by atoms with Crippen molar-refractivity contribution in [3.05, 3.63) is 63.4 Å². The number of ether oxygens (including phenoxy) is 1. The highest BCUT2D eigenvalue weighted by molar-refractivity contribution is 7.98. The monoisotopic (exact) mass is 429 g/mol. The molecule has 3 aromatic rings. The molecule has 1 N–H and O–H groups in total. The van der Waals surface area contributed by atoms with Crippen LogP contribution in [0, 0.1) is 0 Å². The maximum Gasteiger partial charge on any atom is 0.325 e. The van der Waals surface area contributed by atoms with Crippen molar-refractivity contribution in [2.24, 2.45) is 0 Å². The number of hydrogen-bond acceptors (Lipinski definition) is 5. The molecule has 0 radical (unpaired) electrons. The number of anilines is 1. The number of nitrogens with one attached hydrogen (secondary N) is 1. The molecule has 0 fully saturated rings. The minimum atomic E-state index is -0.737. The fraction of sp³-hybridized carbons (Fsp3) is 0.200. The van der Waals surface area contributed by atoms with Crippen molar-refractivity contribution in [2.45, 2.75) is 18.2 Å². The summed E-state index contributed by atoms with van der Waals surface area (Å²) in [6, 6.07) is 12.4. The van der Waals surface area contributed by atoms with Gasteiger partial charge >= 0.3 is 11.3 Å². The lowest BCUT2D eigenvalue weighted by molar-refractivity contribution is -0.763. The highest BCUT2D eigenvalue weighted by atomic mass is 35.5. The summed E-state index contributed by atoms with van der Waals surface area (Å²) in [6.45, 7) is 1.48. The van der Waals surface area contributed by atoms with Crippen molar-refractivity contribution < 1.29 is 14.2 Å². The lowest BCUT2D eigenvalue weighted by Crippen LogP contribution is -2.60. The molecule has 1 atom stereocenters. The van der Waals surface area contributed by atoms with Crippen LogP contribution >= 0.6 is 23.4 Å². The molecule has 7 nitrogen and oxygen atoms in total. The number of H-pyrrole nitrogens is 1. The van der Waals surface area contributed by atoms with E-state index in [1.54, 1.807) is 41.0 Å². The van der Waals surface area contributed by atoms with Crippen molar-refractivity contribution in [1.29, 1.82) is 0 Å². The van der Waals surface area contributed by atoms with Gasteiger partial charge in [-0.1, -0.05) is 35.5 Å². The molecule has 0 bridgehead atoms. The van der Waals surface area contributed by atoms with E-state index in [-0.39, 0.29) is 11.5 Å². The number of fused-ring (bicyclic) bond motifs is 3. The fourth-order valence-corrected chi connectivity index (χ4v) is 4.14. The zero-order chi connectivity index (χ0) is 20.7. The molecule has 1 aliphatic heterocycles. The molecular formula is C20H18ClN4O3S+. The number of methoxy groups -OCH3 is 1. The SMILES string of the molecule is COc1ccc(Cl)cc1C1N(C(C)=O)c2ccccc2-c2c(=O)[nH]c(SC)n[n+]21. The molecule has 1 unspecified atom stereocenters. The maximum atomic E-state index is 13.0. The van der Waals surface area contributed by atoms with E-state index in [2.05, 4.69) is 10.1 Å². The van der Waals surface area contributed by atoms with Gasteiger partial charge in [0.1, 0.15) is 5.75 Å². The molecule has 4 rings (SSSR count). The topological polar surface area (TPSA) is 79.2 Å². The summed E-state index contributed by atoms with van der Waals surface area (Å²) in [6.07, 6.45) is 1.08. The zero-order valence-electron chi connectivity index (χ0n) is 16.0. The molecule has 2 heterocycles. The van der Waals surface area contributed by atoms with Gasteiger partial charge in [0, 0.05) is 17.0 Å². The first-order valence-corrected chi connectivity index (χ1v) is 10.4. The molecule has 1 amide bonds.